The van der Waals surface area contributed by atoms with Crippen molar-refractivity contribution in [3.8, 4) is 0 Å². The molecule has 1 atom stereocenters. The number of hydrogen-bond donors (Lipinski definition) is 2. The van der Waals surface area contributed by atoms with Crippen molar-refractivity contribution in [2.75, 3.05) is 18.1 Å². The van der Waals surface area contributed by atoms with E-state index in [1.54, 1.807) is 6.20 Å². The molecule has 0 saturated heterocycles. The summed E-state index contributed by atoms with van der Waals surface area (Å²) in [5.74, 6) is 0.952. The molecule has 1 aromatic heterocycles. The fourth-order valence-electron chi connectivity index (χ4n) is 2.79. The third kappa shape index (κ3) is 2.82. The molecule has 1 aliphatic carbocycles. The predicted octanol–water partition coefficient (Wildman–Crippen LogP) is 1.84. The van der Waals surface area contributed by atoms with E-state index in [2.05, 4.69) is 9.88 Å². The van der Waals surface area contributed by atoms with Crippen molar-refractivity contribution in [1.29, 1.82) is 0 Å². The smallest absolute Gasteiger partial charge is 0.133 e. The molecule has 1 aromatic rings. The molecular formula is C14H23N3O. The number of aliphatic hydroxyl groups excluding tert-OH is 1. The highest BCUT2D eigenvalue weighted by atomic mass is 16.3. The number of nitrogens with two attached hydrogens (primary N) is 1. The summed E-state index contributed by atoms with van der Waals surface area (Å²) in [4.78, 5) is 6.74. The summed E-state index contributed by atoms with van der Waals surface area (Å²) >= 11 is 0. The van der Waals surface area contributed by atoms with E-state index in [0.717, 1.165) is 11.4 Å². The molecule has 0 amide bonds. The van der Waals surface area contributed by atoms with Crippen LogP contribution in [0.4, 0.5) is 5.82 Å². The summed E-state index contributed by atoms with van der Waals surface area (Å²) in [5.41, 5.74) is 7.09. The predicted molar refractivity (Wildman–Crippen MR) is 73.5 cm³/mol. The maximum Gasteiger partial charge on any atom is 0.133 e. The Kier molecular flexibility index (Phi) is 4.55. The summed E-state index contributed by atoms with van der Waals surface area (Å²) in [6.45, 7) is 2.78. The first-order chi connectivity index (χ1) is 8.74. The lowest BCUT2D eigenvalue weighted by molar-refractivity contribution is 0.296. The van der Waals surface area contributed by atoms with E-state index in [-0.39, 0.29) is 12.6 Å². The minimum atomic E-state index is -0.0312. The van der Waals surface area contributed by atoms with Crippen LogP contribution in [0, 0.1) is 0 Å². The Labute approximate surface area is 109 Å². The molecule has 1 saturated carbocycles. The van der Waals surface area contributed by atoms with Crippen LogP contribution in [0.5, 0.6) is 0 Å². The summed E-state index contributed by atoms with van der Waals surface area (Å²) < 4.78 is 0. The van der Waals surface area contributed by atoms with Crippen LogP contribution in [0.3, 0.4) is 0 Å². The van der Waals surface area contributed by atoms with E-state index in [1.165, 1.54) is 25.7 Å². The molecule has 2 rings (SSSR count). The maximum atomic E-state index is 9.29. The second kappa shape index (κ2) is 6.16. The first-order valence-electron chi connectivity index (χ1n) is 6.82. The summed E-state index contributed by atoms with van der Waals surface area (Å²) in [5, 5.41) is 9.29. The minimum absolute atomic E-state index is 0.0312. The first-order valence-corrected chi connectivity index (χ1v) is 6.82. The fourth-order valence-corrected chi connectivity index (χ4v) is 2.79. The highest BCUT2D eigenvalue weighted by Gasteiger charge is 2.25. The van der Waals surface area contributed by atoms with Crippen molar-refractivity contribution in [2.24, 2.45) is 5.73 Å². The van der Waals surface area contributed by atoms with Gasteiger partial charge in [-0.3, -0.25) is 0 Å². The number of pyridine rings is 1. The topological polar surface area (TPSA) is 62.4 Å². The van der Waals surface area contributed by atoms with Crippen molar-refractivity contribution in [1.82, 2.24) is 4.98 Å². The van der Waals surface area contributed by atoms with E-state index in [1.807, 2.05) is 19.1 Å². The molecule has 3 N–H and O–H groups in total. The van der Waals surface area contributed by atoms with Gasteiger partial charge < -0.3 is 15.7 Å². The lowest BCUT2D eigenvalue weighted by atomic mass is 10.1. The quantitative estimate of drug-likeness (QED) is 0.836. The minimum Gasteiger partial charge on any atom is -0.395 e. The zero-order valence-corrected chi connectivity index (χ0v) is 11.0. The lowest BCUT2D eigenvalue weighted by Crippen LogP contribution is -2.37. The molecule has 1 unspecified atom stereocenters. The van der Waals surface area contributed by atoms with Crippen LogP contribution in [0.2, 0.25) is 0 Å². The zero-order chi connectivity index (χ0) is 13.0. The fraction of sp³-hybridized carbons (Fsp3) is 0.643. The van der Waals surface area contributed by atoms with E-state index < -0.39 is 0 Å². The van der Waals surface area contributed by atoms with Crippen LogP contribution < -0.4 is 10.6 Å². The van der Waals surface area contributed by atoms with E-state index in [0.29, 0.717) is 12.6 Å². The highest BCUT2D eigenvalue weighted by Crippen LogP contribution is 2.30. The van der Waals surface area contributed by atoms with Crippen LogP contribution in [0.25, 0.3) is 0 Å². The molecule has 0 radical (unpaired) electrons. The number of nitrogens with zero attached hydrogens (tertiary/aromatic N) is 2. The molecule has 18 heavy (non-hydrogen) atoms. The molecule has 4 heteroatoms. The number of anilines is 1. The summed E-state index contributed by atoms with van der Waals surface area (Å²) in [6, 6.07) is 4.43. The van der Waals surface area contributed by atoms with Crippen molar-refractivity contribution in [2.45, 2.75) is 44.7 Å². The van der Waals surface area contributed by atoms with E-state index in [9.17, 15) is 5.11 Å². The molecule has 1 aliphatic rings. The van der Waals surface area contributed by atoms with Crippen LogP contribution in [-0.2, 0) is 0 Å². The third-order valence-electron chi connectivity index (χ3n) is 3.69. The van der Waals surface area contributed by atoms with Gasteiger partial charge >= 0.3 is 0 Å². The average molecular weight is 249 g/mol. The molecule has 0 spiro atoms. The Morgan fingerprint density at radius 1 is 1.50 bits per heavy atom. The standard InChI is InChI=1S/C14H23N3O/c1-11(15)13-7-4-8-16-14(13)17(9-10-18)12-5-2-3-6-12/h4,7-8,11-12,18H,2-3,5-6,9-10,15H2,1H3. The highest BCUT2D eigenvalue weighted by molar-refractivity contribution is 5.49. The van der Waals surface area contributed by atoms with Gasteiger partial charge in [-0.25, -0.2) is 4.98 Å². The Morgan fingerprint density at radius 3 is 2.83 bits per heavy atom. The van der Waals surface area contributed by atoms with Gasteiger partial charge in [0.15, 0.2) is 0 Å². The molecule has 4 nitrogen and oxygen atoms in total. The largest absolute Gasteiger partial charge is 0.395 e. The molecule has 100 valence electrons. The number of aromatic nitrogens is 1. The Balaban J connectivity index is 2.29. The Morgan fingerprint density at radius 2 is 2.22 bits per heavy atom. The maximum absolute atomic E-state index is 9.29. The lowest BCUT2D eigenvalue weighted by Gasteiger charge is -2.31. The Hall–Kier alpha value is -1.13. The van der Waals surface area contributed by atoms with E-state index in [4.69, 9.17) is 5.73 Å². The van der Waals surface area contributed by atoms with Crippen molar-refractivity contribution in [3.63, 3.8) is 0 Å². The van der Waals surface area contributed by atoms with Crippen LogP contribution >= 0.6 is 0 Å². The average Bonchev–Trinajstić information content (AvgIpc) is 2.89. The van der Waals surface area contributed by atoms with Crippen LogP contribution in [-0.4, -0.2) is 29.3 Å². The van der Waals surface area contributed by atoms with Crippen LogP contribution in [0.1, 0.15) is 44.2 Å². The summed E-state index contributed by atoms with van der Waals surface area (Å²) in [6.07, 6.45) is 6.73. The second-order valence-corrected chi connectivity index (χ2v) is 5.06. The first kappa shape index (κ1) is 13.3. The number of rotatable bonds is 5. The van der Waals surface area contributed by atoms with Gasteiger partial charge in [-0.15, -0.1) is 0 Å². The van der Waals surface area contributed by atoms with Gasteiger partial charge in [-0.05, 0) is 25.8 Å². The Bertz CT molecular complexity index is 375. The van der Waals surface area contributed by atoms with Gasteiger partial charge in [0.2, 0.25) is 0 Å². The second-order valence-electron chi connectivity index (χ2n) is 5.06. The molecule has 1 heterocycles. The molecule has 0 aliphatic heterocycles. The molecule has 1 fully saturated rings. The third-order valence-corrected chi connectivity index (χ3v) is 3.69. The van der Waals surface area contributed by atoms with Gasteiger partial charge in [0, 0.05) is 30.4 Å². The van der Waals surface area contributed by atoms with Crippen molar-refractivity contribution in [3.05, 3.63) is 23.9 Å². The van der Waals surface area contributed by atoms with Crippen molar-refractivity contribution >= 4 is 5.82 Å². The molecule has 0 aromatic carbocycles. The SMILES string of the molecule is CC(N)c1cccnc1N(CCO)C1CCCC1. The molecule has 0 bridgehead atoms. The molecular weight excluding hydrogens is 226 g/mol. The zero-order valence-electron chi connectivity index (χ0n) is 11.0. The van der Waals surface area contributed by atoms with Gasteiger partial charge in [0.05, 0.1) is 6.61 Å². The normalized spacial score (nSPS) is 17.9. The monoisotopic (exact) mass is 249 g/mol. The van der Waals surface area contributed by atoms with Gasteiger partial charge in [0.25, 0.3) is 0 Å². The van der Waals surface area contributed by atoms with E-state index >= 15 is 0 Å². The van der Waals surface area contributed by atoms with Crippen LogP contribution in [0.15, 0.2) is 18.3 Å². The van der Waals surface area contributed by atoms with Gasteiger partial charge in [0.1, 0.15) is 5.82 Å². The van der Waals surface area contributed by atoms with Gasteiger partial charge in [-0.2, -0.15) is 0 Å². The number of aliphatic hydroxyl groups is 1. The number of hydrogen-bond acceptors (Lipinski definition) is 4. The van der Waals surface area contributed by atoms with Gasteiger partial charge in [-0.1, -0.05) is 18.9 Å². The van der Waals surface area contributed by atoms with Crippen molar-refractivity contribution < 1.29 is 5.11 Å². The summed E-state index contributed by atoms with van der Waals surface area (Å²) in [7, 11) is 0.